The average Bonchev–Trinajstić information content (AvgIpc) is 2.61. The Kier molecular flexibility index (Phi) is 6.40. The third-order valence-electron chi connectivity index (χ3n) is 4.02. The van der Waals surface area contributed by atoms with Crippen LogP contribution in [0, 0.1) is 0 Å². The van der Waals surface area contributed by atoms with Crippen LogP contribution in [0.5, 0.6) is 5.75 Å². The molecule has 0 unspecified atom stereocenters. The lowest BCUT2D eigenvalue weighted by atomic mass is 10.2. The maximum atomic E-state index is 12.2. The minimum absolute atomic E-state index is 0.185. The van der Waals surface area contributed by atoms with E-state index >= 15 is 0 Å². The molecule has 138 valence electrons. The highest BCUT2D eigenvalue weighted by Gasteiger charge is 2.23. The zero-order valence-electron chi connectivity index (χ0n) is 15.6. The van der Waals surface area contributed by atoms with E-state index in [0.29, 0.717) is 23.3 Å². The number of hydrogen-bond donors (Lipinski definition) is 3. The summed E-state index contributed by atoms with van der Waals surface area (Å²) in [6.45, 7) is 5.86. The lowest BCUT2D eigenvalue weighted by Gasteiger charge is -2.23. The van der Waals surface area contributed by atoms with E-state index in [4.69, 9.17) is 4.74 Å². The standard InChI is InChI=1S/C19H25N3O3Si/c1-14(23)21-17-11-10-15(12-18(17)25-2)22-19(24)20-13-26(3,4)16-8-6-5-7-9-16/h5-12H,13H2,1-4H3,(H,21,23)(H2,20,22,24). The summed E-state index contributed by atoms with van der Waals surface area (Å²) in [5.41, 5.74) is 1.15. The van der Waals surface area contributed by atoms with Crippen molar-refractivity contribution in [2.45, 2.75) is 20.0 Å². The Morgan fingerprint density at radius 2 is 1.73 bits per heavy atom. The van der Waals surface area contributed by atoms with Crippen LogP contribution in [-0.4, -0.2) is 33.3 Å². The number of benzene rings is 2. The van der Waals surface area contributed by atoms with Gasteiger partial charge in [0.15, 0.2) is 0 Å². The zero-order chi connectivity index (χ0) is 19.2. The van der Waals surface area contributed by atoms with Crippen molar-refractivity contribution in [2.24, 2.45) is 0 Å². The smallest absolute Gasteiger partial charge is 0.318 e. The minimum Gasteiger partial charge on any atom is -0.494 e. The number of nitrogens with one attached hydrogen (secondary N) is 3. The molecule has 26 heavy (non-hydrogen) atoms. The molecule has 2 aromatic rings. The summed E-state index contributed by atoms with van der Waals surface area (Å²) in [7, 11) is -0.236. The molecule has 0 aliphatic rings. The Labute approximate surface area is 155 Å². The molecule has 6 nitrogen and oxygen atoms in total. The second kappa shape index (κ2) is 8.53. The van der Waals surface area contributed by atoms with Crippen LogP contribution in [-0.2, 0) is 4.79 Å². The lowest BCUT2D eigenvalue weighted by Crippen LogP contribution is -2.52. The van der Waals surface area contributed by atoms with Crippen LogP contribution in [0.1, 0.15) is 6.92 Å². The summed E-state index contributed by atoms with van der Waals surface area (Å²) in [5.74, 6) is 0.298. The Hall–Kier alpha value is -2.80. The number of rotatable bonds is 6. The van der Waals surface area contributed by atoms with E-state index in [0.717, 1.165) is 0 Å². The number of carbonyl (C=O) groups is 2. The summed E-state index contributed by atoms with van der Waals surface area (Å²) in [6.07, 6.45) is 0.629. The van der Waals surface area contributed by atoms with Crippen LogP contribution in [0.15, 0.2) is 48.5 Å². The van der Waals surface area contributed by atoms with E-state index < -0.39 is 8.07 Å². The van der Waals surface area contributed by atoms with Crippen molar-refractivity contribution < 1.29 is 14.3 Å². The Balaban J connectivity index is 1.98. The van der Waals surface area contributed by atoms with Crippen LogP contribution >= 0.6 is 0 Å². The monoisotopic (exact) mass is 371 g/mol. The largest absolute Gasteiger partial charge is 0.494 e. The second-order valence-electron chi connectivity index (χ2n) is 6.65. The first-order chi connectivity index (χ1) is 12.3. The van der Waals surface area contributed by atoms with Crippen molar-refractivity contribution in [1.82, 2.24) is 5.32 Å². The Morgan fingerprint density at radius 3 is 2.35 bits per heavy atom. The van der Waals surface area contributed by atoms with Gasteiger partial charge in [-0.3, -0.25) is 4.79 Å². The minimum atomic E-state index is -1.75. The van der Waals surface area contributed by atoms with Gasteiger partial charge in [0.25, 0.3) is 0 Å². The molecule has 2 rings (SSSR count). The summed E-state index contributed by atoms with van der Waals surface area (Å²) in [4.78, 5) is 23.4. The number of urea groups is 1. The molecule has 0 fully saturated rings. The van der Waals surface area contributed by atoms with Gasteiger partial charge in [0.05, 0.1) is 12.8 Å². The highest BCUT2D eigenvalue weighted by molar-refractivity contribution is 6.90. The summed E-state index contributed by atoms with van der Waals surface area (Å²) in [5, 5.41) is 9.73. The van der Waals surface area contributed by atoms with Gasteiger partial charge in [0.1, 0.15) is 13.8 Å². The second-order valence-corrected chi connectivity index (χ2v) is 11.4. The molecule has 0 saturated heterocycles. The molecular weight excluding hydrogens is 346 g/mol. The number of methoxy groups -OCH3 is 1. The fourth-order valence-electron chi connectivity index (χ4n) is 2.53. The molecular formula is C19H25N3O3Si. The predicted molar refractivity (Wildman–Crippen MR) is 108 cm³/mol. The SMILES string of the molecule is COc1cc(NC(=O)NC[Si](C)(C)c2ccccc2)ccc1NC(C)=O. The maximum Gasteiger partial charge on any atom is 0.318 e. The predicted octanol–water partition coefficient (Wildman–Crippen LogP) is 2.93. The molecule has 0 spiro atoms. The van der Waals surface area contributed by atoms with Gasteiger partial charge in [0, 0.05) is 24.8 Å². The molecule has 0 bridgehead atoms. The molecule has 0 heterocycles. The summed E-state index contributed by atoms with van der Waals surface area (Å²) >= 11 is 0. The van der Waals surface area contributed by atoms with Crippen molar-refractivity contribution in [1.29, 1.82) is 0 Å². The highest BCUT2D eigenvalue weighted by Crippen LogP contribution is 2.27. The average molecular weight is 372 g/mol. The topological polar surface area (TPSA) is 79.5 Å². The van der Waals surface area contributed by atoms with E-state index in [2.05, 4.69) is 41.2 Å². The molecule has 7 heteroatoms. The first-order valence-electron chi connectivity index (χ1n) is 8.38. The van der Waals surface area contributed by atoms with Crippen molar-refractivity contribution in [3.05, 3.63) is 48.5 Å². The van der Waals surface area contributed by atoms with E-state index in [1.54, 1.807) is 18.2 Å². The first-order valence-corrected chi connectivity index (χ1v) is 11.6. The third-order valence-corrected chi connectivity index (χ3v) is 6.97. The highest BCUT2D eigenvalue weighted by atomic mass is 28.3. The third kappa shape index (κ3) is 5.35. The fourth-order valence-corrected chi connectivity index (χ4v) is 4.43. The van der Waals surface area contributed by atoms with Gasteiger partial charge in [-0.15, -0.1) is 0 Å². The molecule has 3 amide bonds. The molecule has 3 N–H and O–H groups in total. The van der Waals surface area contributed by atoms with Crippen LogP contribution in [0.4, 0.5) is 16.2 Å². The van der Waals surface area contributed by atoms with Crippen LogP contribution in [0.25, 0.3) is 0 Å². The summed E-state index contributed by atoms with van der Waals surface area (Å²) < 4.78 is 5.26. The zero-order valence-corrected chi connectivity index (χ0v) is 16.6. The number of ether oxygens (including phenoxy) is 1. The maximum absolute atomic E-state index is 12.2. The van der Waals surface area contributed by atoms with Crippen molar-refractivity contribution in [3.63, 3.8) is 0 Å². The lowest BCUT2D eigenvalue weighted by molar-refractivity contribution is -0.114. The molecule has 0 atom stereocenters. The number of hydrogen-bond acceptors (Lipinski definition) is 3. The van der Waals surface area contributed by atoms with Gasteiger partial charge in [-0.25, -0.2) is 4.79 Å². The van der Waals surface area contributed by atoms with Crippen LogP contribution in [0.2, 0.25) is 13.1 Å². The van der Waals surface area contributed by atoms with Gasteiger partial charge in [0.2, 0.25) is 5.91 Å². The van der Waals surface area contributed by atoms with Gasteiger partial charge < -0.3 is 20.7 Å². The molecule has 0 aliphatic carbocycles. The number of anilines is 2. The van der Waals surface area contributed by atoms with Crippen molar-refractivity contribution >= 4 is 36.6 Å². The number of carbonyl (C=O) groups excluding carboxylic acids is 2. The van der Waals surface area contributed by atoms with Gasteiger partial charge in [-0.1, -0.05) is 48.6 Å². The molecule has 0 aliphatic heterocycles. The Bertz CT molecular complexity index is 779. The van der Waals surface area contributed by atoms with Gasteiger partial charge in [-0.05, 0) is 12.1 Å². The van der Waals surface area contributed by atoms with E-state index in [1.807, 2.05) is 18.2 Å². The molecule has 0 radical (unpaired) electrons. The van der Waals surface area contributed by atoms with Crippen molar-refractivity contribution in [3.8, 4) is 5.75 Å². The van der Waals surface area contributed by atoms with E-state index in [-0.39, 0.29) is 11.9 Å². The van der Waals surface area contributed by atoms with E-state index in [9.17, 15) is 9.59 Å². The number of amides is 3. The van der Waals surface area contributed by atoms with E-state index in [1.165, 1.54) is 19.2 Å². The van der Waals surface area contributed by atoms with Crippen molar-refractivity contribution in [2.75, 3.05) is 23.9 Å². The molecule has 0 saturated carbocycles. The van der Waals surface area contributed by atoms with Gasteiger partial charge >= 0.3 is 6.03 Å². The quantitative estimate of drug-likeness (QED) is 0.683. The van der Waals surface area contributed by atoms with Crippen LogP contribution < -0.4 is 25.9 Å². The normalized spacial score (nSPS) is 10.8. The van der Waals surface area contributed by atoms with Gasteiger partial charge in [-0.2, -0.15) is 0 Å². The summed E-state index contributed by atoms with van der Waals surface area (Å²) in [6, 6.07) is 15.1. The fraction of sp³-hybridized carbons (Fsp3) is 0.263. The molecule has 0 aromatic heterocycles. The molecule has 2 aromatic carbocycles. The Morgan fingerprint density at radius 1 is 1.04 bits per heavy atom. The first kappa shape index (κ1) is 19.5. The van der Waals surface area contributed by atoms with Crippen LogP contribution in [0.3, 0.4) is 0 Å².